The van der Waals surface area contributed by atoms with E-state index in [9.17, 15) is 0 Å². The van der Waals surface area contributed by atoms with Gasteiger partial charge in [0.15, 0.2) is 0 Å². The number of fused-ring (bicyclic) bond motifs is 1. The van der Waals surface area contributed by atoms with E-state index in [1.807, 2.05) is 0 Å². The Hall–Kier alpha value is -1.16. The average Bonchev–Trinajstić information content (AvgIpc) is 2.39. The number of hydrogen-bond donors (Lipinski definition) is 1. The van der Waals surface area contributed by atoms with Crippen molar-refractivity contribution < 1.29 is 0 Å². The molecule has 2 heterocycles. The number of nitrogens with two attached hydrogens (primary N) is 1. The highest BCUT2D eigenvalue weighted by molar-refractivity contribution is 5.28. The van der Waals surface area contributed by atoms with Crippen molar-refractivity contribution >= 4 is 5.82 Å². The lowest BCUT2D eigenvalue weighted by Crippen LogP contribution is -2.25. The summed E-state index contributed by atoms with van der Waals surface area (Å²) in [6, 6.07) is 0. The van der Waals surface area contributed by atoms with E-state index < -0.39 is 0 Å². The molecule has 0 radical (unpaired) electrons. The molecule has 0 aliphatic carbocycles. The number of nitrogens with zero attached hydrogens (tertiary/aromatic N) is 3. The van der Waals surface area contributed by atoms with Crippen LogP contribution in [-0.2, 0) is 12.8 Å². The predicted molar refractivity (Wildman–Crippen MR) is 56.0 cm³/mol. The topological polar surface area (TPSA) is 55.0 Å². The minimum atomic E-state index is 0.536. The minimum Gasteiger partial charge on any atom is -0.382 e. The van der Waals surface area contributed by atoms with Gasteiger partial charge in [-0.05, 0) is 6.54 Å². The molecule has 0 unspecified atom stereocenters. The number of aromatic nitrogens is 2. The molecule has 2 N–H and O–H groups in total. The summed E-state index contributed by atoms with van der Waals surface area (Å²) < 4.78 is 0. The summed E-state index contributed by atoms with van der Waals surface area (Å²) in [7, 11) is 0. The summed E-state index contributed by atoms with van der Waals surface area (Å²) in [5.74, 6) is 0.536. The quantitative estimate of drug-likeness (QED) is 0.703. The monoisotopic (exact) mass is 192 g/mol. The lowest BCUT2D eigenvalue weighted by molar-refractivity contribution is 0.302. The van der Waals surface area contributed by atoms with Gasteiger partial charge >= 0.3 is 0 Å². The maximum Gasteiger partial charge on any atom is 0.142 e. The standard InChI is InChI=1S/C10H16N4/c1-2-14-5-3-8-9(4-6-14)13-10(11)7-12-8/h7H,2-6H2,1H3,(H2,11,13). The van der Waals surface area contributed by atoms with Crippen LogP contribution in [0.4, 0.5) is 5.82 Å². The van der Waals surface area contributed by atoms with E-state index in [0.29, 0.717) is 5.82 Å². The van der Waals surface area contributed by atoms with Crippen LogP contribution in [0.3, 0.4) is 0 Å². The lowest BCUT2D eigenvalue weighted by atomic mass is 10.2. The van der Waals surface area contributed by atoms with Gasteiger partial charge in [0.2, 0.25) is 0 Å². The van der Waals surface area contributed by atoms with Crippen LogP contribution in [0.25, 0.3) is 0 Å². The van der Waals surface area contributed by atoms with E-state index in [0.717, 1.165) is 43.9 Å². The third-order valence-electron chi connectivity index (χ3n) is 2.73. The first kappa shape index (κ1) is 9.40. The van der Waals surface area contributed by atoms with E-state index in [2.05, 4.69) is 21.8 Å². The Morgan fingerprint density at radius 2 is 2.07 bits per heavy atom. The summed E-state index contributed by atoms with van der Waals surface area (Å²) in [4.78, 5) is 11.1. The SMILES string of the molecule is CCN1CCc2ncc(N)nc2CC1. The molecule has 0 fully saturated rings. The Morgan fingerprint density at radius 3 is 2.79 bits per heavy atom. The van der Waals surface area contributed by atoms with Crippen LogP contribution in [0, 0.1) is 0 Å². The van der Waals surface area contributed by atoms with Crippen LogP contribution >= 0.6 is 0 Å². The number of hydrogen-bond acceptors (Lipinski definition) is 4. The van der Waals surface area contributed by atoms with E-state index in [-0.39, 0.29) is 0 Å². The fraction of sp³-hybridized carbons (Fsp3) is 0.600. The molecule has 0 amide bonds. The number of rotatable bonds is 1. The number of anilines is 1. The average molecular weight is 192 g/mol. The zero-order valence-corrected chi connectivity index (χ0v) is 8.53. The van der Waals surface area contributed by atoms with Crippen LogP contribution in [-0.4, -0.2) is 34.5 Å². The summed E-state index contributed by atoms with van der Waals surface area (Å²) >= 11 is 0. The molecule has 0 aromatic carbocycles. The van der Waals surface area contributed by atoms with Gasteiger partial charge in [0, 0.05) is 25.9 Å². The van der Waals surface area contributed by atoms with Crippen molar-refractivity contribution in [3.05, 3.63) is 17.6 Å². The molecule has 0 saturated heterocycles. The first-order valence-corrected chi connectivity index (χ1v) is 5.12. The molecule has 0 spiro atoms. The molecule has 14 heavy (non-hydrogen) atoms. The first-order valence-electron chi connectivity index (χ1n) is 5.12. The number of likely N-dealkylation sites (N-methyl/N-ethyl adjacent to an activating group) is 1. The molecule has 1 aromatic rings. The number of nitrogen functional groups attached to an aromatic ring is 1. The molecule has 0 saturated carbocycles. The van der Waals surface area contributed by atoms with E-state index in [1.165, 1.54) is 0 Å². The maximum atomic E-state index is 5.61. The normalized spacial score (nSPS) is 17.5. The van der Waals surface area contributed by atoms with E-state index in [1.54, 1.807) is 6.20 Å². The van der Waals surface area contributed by atoms with Crippen molar-refractivity contribution in [3.8, 4) is 0 Å². The third-order valence-corrected chi connectivity index (χ3v) is 2.73. The Bertz CT molecular complexity index is 324. The van der Waals surface area contributed by atoms with Gasteiger partial charge in [-0.1, -0.05) is 6.92 Å². The fourth-order valence-corrected chi connectivity index (χ4v) is 1.83. The van der Waals surface area contributed by atoms with Gasteiger partial charge in [-0.25, -0.2) is 4.98 Å². The van der Waals surface area contributed by atoms with Gasteiger partial charge in [0.05, 0.1) is 17.6 Å². The van der Waals surface area contributed by atoms with Gasteiger partial charge in [-0.3, -0.25) is 4.98 Å². The highest BCUT2D eigenvalue weighted by Gasteiger charge is 2.14. The zero-order valence-electron chi connectivity index (χ0n) is 8.53. The van der Waals surface area contributed by atoms with Gasteiger partial charge < -0.3 is 10.6 Å². The van der Waals surface area contributed by atoms with Crippen LogP contribution in [0.1, 0.15) is 18.3 Å². The molecule has 2 rings (SSSR count). The van der Waals surface area contributed by atoms with Crippen molar-refractivity contribution in [2.75, 3.05) is 25.4 Å². The Kier molecular flexibility index (Phi) is 2.63. The molecule has 4 nitrogen and oxygen atoms in total. The van der Waals surface area contributed by atoms with Gasteiger partial charge in [-0.15, -0.1) is 0 Å². The molecule has 1 aliphatic rings. The van der Waals surface area contributed by atoms with Crippen LogP contribution in [0.15, 0.2) is 6.20 Å². The molecular weight excluding hydrogens is 176 g/mol. The van der Waals surface area contributed by atoms with Gasteiger partial charge in [0.1, 0.15) is 5.82 Å². The molecule has 76 valence electrons. The Balaban J connectivity index is 2.21. The summed E-state index contributed by atoms with van der Waals surface area (Å²) in [6.45, 7) is 5.44. The van der Waals surface area contributed by atoms with E-state index in [4.69, 9.17) is 5.73 Å². The summed E-state index contributed by atoms with van der Waals surface area (Å²) in [5.41, 5.74) is 7.82. The van der Waals surface area contributed by atoms with Crippen LogP contribution in [0.2, 0.25) is 0 Å². The second kappa shape index (κ2) is 3.92. The minimum absolute atomic E-state index is 0.536. The highest BCUT2D eigenvalue weighted by atomic mass is 15.1. The molecule has 1 aliphatic heterocycles. The highest BCUT2D eigenvalue weighted by Crippen LogP contribution is 2.12. The Labute approximate surface area is 84.2 Å². The van der Waals surface area contributed by atoms with Crippen molar-refractivity contribution in [1.29, 1.82) is 0 Å². The van der Waals surface area contributed by atoms with Crippen molar-refractivity contribution in [2.24, 2.45) is 0 Å². The first-order chi connectivity index (χ1) is 6.79. The molecule has 0 atom stereocenters. The second-order valence-electron chi connectivity index (χ2n) is 3.62. The molecular formula is C10H16N4. The Morgan fingerprint density at radius 1 is 1.36 bits per heavy atom. The lowest BCUT2D eigenvalue weighted by Gasteiger charge is -2.15. The van der Waals surface area contributed by atoms with Crippen molar-refractivity contribution in [1.82, 2.24) is 14.9 Å². The predicted octanol–water partition coefficient (Wildman–Crippen LogP) is 0.479. The molecule has 4 heteroatoms. The summed E-state index contributed by atoms with van der Waals surface area (Å²) in [6.07, 6.45) is 3.62. The maximum absolute atomic E-state index is 5.61. The smallest absolute Gasteiger partial charge is 0.142 e. The molecule has 1 aromatic heterocycles. The largest absolute Gasteiger partial charge is 0.382 e. The summed E-state index contributed by atoms with van der Waals surface area (Å²) in [5, 5.41) is 0. The third kappa shape index (κ3) is 1.85. The van der Waals surface area contributed by atoms with Crippen LogP contribution in [0.5, 0.6) is 0 Å². The second-order valence-corrected chi connectivity index (χ2v) is 3.62. The van der Waals surface area contributed by atoms with Gasteiger partial charge in [0.25, 0.3) is 0 Å². The van der Waals surface area contributed by atoms with E-state index >= 15 is 0 Å². The zero-order chi connectivity index (χ0) is 9.97. The van der Waals surface area contributed by atoms with Crippen molar-refractivity contribution in [2.45, 2.75) is 19.8 Å². The molecule has 0 bridgehead atoms. The van der Waals surface area contributed by atoms with Crippen LogP contribution < -0.4 is 5.73 Å². The van der Waals surface area contributed by atoms with Gasteiger partial charge in [-0.2, -0.15) is 0 Å². The van der Waals surface area contributed by atoms with Crippen molar-refractivity contribution in [3.63, 3.8) is 0 Å². The fourth-order valence-electron chi connectivity index (χ4n) is 1.83.